The molecule has 0 atom stereocenters. The van der Waals surface area contributed by atoms with Crippen LogP contribution in [0.2, 0.25) is 5.02 Å². The number of carbonyl (C=O) groups is 1. The Labute approximate surface area is 128 Å². The number of benzene rings is 2. The molecule has 1 amide bonds. The van der Waals surface area contributed by atoms with Crippen molar-refractivity contribution in [3.8, 4) is 18.1 Å². The number of terminal acetylenes is 1. The standard InChI is InChI=1S/C17H14ClNO2/c1-3-11-21-14-9-7-13(8-10-14)17(20)19-16-6-4-5-15(18)12(16)2/h1,4-10H,11H2,2H3,(H,19,20). The number of nitrogens with one attached hydrogen (secondary N) is 1. The number of hydrogen-bond donors (Lipinski definition) is 1. The highest BCUT2D eigenvalue weighted by Crippen LogP contribution is 2.23. The monoisotopic (exact) mass is 299 g/mol. The van der Waals surface area contributed by atoms with Crippen molar-refractivity contribution < 1.29 is 9.53 Å². The molecule has 0 saturated heterocycles. The van der Waals surface area contributed by atoms with E-state index in [4.69, 9.17) is 22.8 Å². The van der Waals surface area contributed by atoms with E-state index in [-0.39, 0.29) is 12.5 Å². The first-order chi connectivity index (χ1) is 10.1. The molecule has 2 aromatic carbocycles. The first-order valence-electron chi connectivity index (χ1n) is 6.34. The van der Waals surface area contributed by atoms with Crippen LogP contribution in [0, 0.1) is 19.3 Å². The van der Waals surface area contributed by atoms with E-state index in [2.05, 4.69) is 11.2 Å². The van der Waals surface area contributed by atoms with Crippen LogP contribution in [0.1, 0.15) is 15.9 Å². The van der Waals surface area contributed by atoms with Gasteiger partial charge in [0, 0.05) is 16.3 Å². The van der Waals surface area contributed by atoms with Gasteiger partial charge in [0.2, 0.25) is 0 Å². The minimum Gasteiger partial charge on any atom is -0.481 e. The average Bonchev–Trinajstić information content (AvgIpc) is 2.50. The summed E-state index contributed by atoms with van der Waals surface area (Å²) in [5.74, 6) is 2.81. The van der Waals surface area contributed by atoms with Crippen molar-refractivity contribution in [2.45, 2.75) is 6.92 Å². The Hall–Kier alpha value is -2.44. The molecule has 0 aliphatic rings. The van der Waals surface area contributed by atoms with Crippen LogP contribution in [0.5, 0.6) is 5.75 Å². The second-order valence-corrected chi connectivity index (χ2v) is 4.79. The Morgan fingerprint density at radius 2 is 2.00 bits per heavy atom. The highest BCUT2D eigenvalue weighted by Gasteiger charge is 2.09. The molecule has 0 unspecified atom stereocenters. The summed E-state index contributed by atoms with van der Waals surface area (Å²) in [4.78, 5) is 12.2. The van der Waals surface area contributed by atoms with Crippen molar-refractivity contribution in [3.63, 3.8) is 0 Å². The molecule has 3 nitrogen and oxygen atoms in total. The molecule has 0 radical (unpaired) electrons. The Morgan fingerprint density at radius 1 is 1.29 bits per heavy atom. The van der Waals surface area contributed by atoms with Crippen LogP contribution in [-0.2, 0) is 0 Å². The molecular formula is C17H14ClNO2. The van der Waals surface area contributed by atoms with Gasteiger partial charge in [-0.05, 0) is 48.9 Å². The fourth-order valence-electron chi connectivity index (χ4n) is 1.76. The first-order valence-corrected chi connectivity index (χ1v) is 6.72. The van der Waals surface area contributed by atoms with E-state index in [0.29, 0.717) is 22.0 Å². The van der Waals surface area contributed by atoms with E-state index in [1.165, 1.54) is 0 Å². The zero-order valence-corrected chi connectivity index (χ0v) is 12.3. The molecule has 0 bridgehead atoms. The van der Waals surface area contributed by atoms with Crippen molar-refractivity contribution in [3.05, 3.63) is 58.6 Å². The predicted molar refractivity (Wildman–Crippen MR) is 84.9 cm³/mol. The summed E-state index contributed by atoms with van der Waals surface area (Å²) in [7, 11) is 0. The lowest BCUT2D eigenvalue weighted by Gasteiger charge is -2.10. The van der Waals surface area contributed by atoms with Gasteiger partial charge in [0.1, 0.15) is 12.4 Å². The van der Waals surface area contributed by atoms with E-state index in [9.17, 15) is 4.79 Å². The number of carbonyl (C=O) groups excluding carboxylic acids is 1. The van der Waals surface area contributed by atoms with E-state index >= 15 is 0 Å². The normalized spacial score (nSPS) is 9.76. The second kappa shape index (κ2) is 6.83. The van der Waals surface area contributed by atoms with Gasteiger partial charge in [-0.3, -0.25) is 4.79 Å². The van der Waals surface area contributed by atoms with E-state index in [0.717, 1.165) is 5.56 Å². The fourth-order valence-corrected chi connectivity index (χ4v) is 1.94. The van der Waals surface area contributed by atoms with Crippen LogP contribution < -0.4 is 10.1 Å². The summed E-state index contributed by atoms with van der Waals surface area (Å²) >= 11 is 6.03. The van der Waals surface area contributed by atoms with Crippen molar-refractivity contribution in [2.75, 3.05) is 11.9 Å². The highest BCUT2D eigenvalue weighted by molar-refractivity contribution is 6.31. The summed E-state index contributed by atoms with van der Waals surface area (Å²) in [5.41, 5.74) is 2.06. The smallest absolute Gasteiger partial charge is 0.255 e. The molecule has 0 heterocycles. The number of hydrogen-bond acceptors (Lipinski definition) is 2. The summed E-state index contributed by atoms with van der Waals surface area (Å²) < 4.78 is 5.26. The second-order valence-electron chi connectivity index (χ2n) is 4.38. The quantitative estimate of drug-likeness (QED) is 0.869. The molecule has 0 spiro atoms. The molecule has 0 aromatic heterocycles. The molecule has 0 aliphatic heterocycles. The minimum absolute atomic E-state index is 0.202. The van der Waals surface area contributed by atoms with E-state index in [1.54, 1.807) is 36.4 Å². The fraction of sp³-hybridized carbons (Fsp3) is 0.118. The molecule has 0 saturated carbocycles. The maximum Gasteiger partial charge on any atom is 0.255 e. The van der Waals surface area contributed by atoms with Gasteiger partial charge in [0.15, 0.2) is 0 Å². The Morgan fingerprint density at radius 3 is 2.67 bits per heavy atom. The third-order valence-corrected chi connectivity index (χ3v) is 3.36. The Kier molecular flexibility index (Phi) is 4.86. The summed E-state index contributed by atoms with van der Waals surface area (Å²) in [6, 6.07) is 12.2. The number of ether oxygens (including phenoxy) is 1. The molecule has 2 aromatic rings. The van der Waals surface area contributed by atoms with Gasteiger partial charge in [0.05, 0.1) is 0 Å². The van der Waals surface area contributed by atoms with E-state index in [1.807, 2.05) is 13.0 Å². The van der Waals surface area contributed by atoms with Crippen LogP contribution in [-0.4, -0.2) is 12.5 Å². The van der Waals surface area contributed by atoms with Crippen LogP contribution in [0.15, 0.2) is 42.5 Å². The third kappa shape index (κ3) is 3.77. The zero-order valence-electron chi connectivity index (χ0n) is 11.5. The minimum atomic E-state index is -0.205. The maximum absolute atomic E-state index is 12.2. The first kappa shape index (κ1) is 15.0. The predicted octanol–water partition coefficient (Wildman–Crippen LogP) is 3.91. The van der Waals surface area contributed by atoms with E-state index < -0.39 is 0 Å². The van der Waals surface area contributed by atoms with Crippen molar-refractivity contribution in [1.82, 2.24) is 0 Å². The molecule has 0 fully saturated rings. The number of anilines is 1. The van der Waals surface area contributed by atoms with Gasteiger partial charge in [-0.25, -0.2) is 0 Å². The average molecular weight is 300 g/mol. The SMILES string of the molecule is C#CCOc1ccc(C(=O)Nc2cccc(Cl)c2C)cc1. The van der Waals surface area contributed by atoms with Gasteiger partial charge in [-0.2, -0.15) is 0 Å². The van der Waals surface area contributed by atoms with Crippen molar-refractivity contribution in [2.24, 2.45) is 0 Å². The number of amides is 1. The van der Waals surface area contributed by atoms with Gasteiger partial charge in [-0.15, -0.1) is 6.42 Å². The molecule has 1 N–H and O–H groups in total. The molecule has 4 heteroatoms. The van der Waals surface area contributed by atoms with Gasteiger partial charge in [0.25, 0.3) is 5.91 Å². The van der Waals surface area contributed by atoms with Crippen LogP contribution in [0.4, 0.5) is 5.69 Å². The highest BCUT2D eigenvalue weighted by atomic mass is 35.5. The molecule has 0 aliphatic carbocycles. The largest absolute Gasteiger partial charge is 0.481 e. The topological polar surface area (TPSA) is 38.3 Å². The Bertz CT molecular complexity index is 687. The van der Waals surface area contributed by atoms with Crippen LogP contribution in [0.25, 0.3) is 0 Å². The van der Waals surface area contributed by atoms with Crippen LogP contribution in [0.3, 0.4) is 0 Å². The van der Waals surface area contributed by atoms with Gasteiger partial charge >= 0.3 is 0 Å². The summed E-state index contributed by atoms with van der Waals surface area (Å²) in [6.45, 7) is 2.06. The number of rotatable bonds is 4. The lowest BCUT2D eigenvalue weighted by atomic mass is 10.1. The lowest BCUT2D eigenvalue weighted by Crippen LogP contribution is -2.12. The lowest BCUT2D eigenvalue weighted by molar-refractivity contribution is 0.102. The molecule has 2 rings (SSSR count). The molecule has 106 valence electrons. The van der Waals surface area contributed by atoms with Gasteiger partial charge < -0.3 is 10.1 Å². The Balaban J connectivity index is 2.10. The van der Waals surface area contributed by atoms with Crippen molar-refractivity contribution >= 4 is 23.2 Å². The summed E-state index contributed by atoms with van der Waals surface area (Å²) in [5, 5.41) is 3.45. The maximum atomic E-state index is 12.2. The van der Waals surface area contributed by atoms with Gasteiger partial charge in [-0.1, -0.05) is 23.6 Å². The summed E-state index contributed by atoms with van der Waals surface area (Å²) in [6.07, 6.45) is 5.12. The van der Waals surface area contributed by atoms with Crippen LogP contribution >= 0.6 is 11.6 Å². The number of halogens is 1. The third-order valence-electron chi connectivity index (χ3n) is 2.95. The molecular weight excluding hydrogens is 286 g/mol. The van der Waals surface area contributed by atoms with Crippen molar-refractivity contribution in [1.29, 1.82) is 0 Å². The zero-order chi connectivity index (χ0) is 15.2. The molecule has 21 heavy (non-hydrogen) atoms.